The van der Waals surface area contributed by atoms with E-state index in [0.717, 1.165) is 27.4 Å². The lowest BCUT2D eigenvalue weighted by molar-refractivity contribution is -0.139. The Bertz CT molecular complexity index is 1390. The molecule has 0 radical (unpaired) electrons. The van der Waals surface area contributed by atoms with Gasteiger partial charge >= 0.3 is 0 Å². The van der Waals surface area contributed by atoms with Gasteiger partial charge in [-0.05, 0) is 81.6 Å². The van der Waals surface area contributed by atoms with Gasteiger partial charge in [-0.2, -0.15) is 0 Å². The molecule has 40 heavy (non-hydrogen) atoms. The Morgan fingerprint density at radius 3 is 2.17 bits per heavy atom. The van der Waals surface area contributed by atoms with Crippen molar-refractivity contribution >= 4 is 27.5 Å². The van der Waals surface area contributed by atoms with Crippen LogP contribution in [-0.2, 0) is 26.2 Å². The van der Waals surface area contributed by atoms with Gasteiger partial charge in [0.1, 0.15) is 18.3 Å². The van der Waals surface area contributed by atoms with Crippen LogP contribution in [0.4, 0.5) is 5.69 Å². The fourth-order valence-electron chi connectivity index (χ4n) is 4.19. The Balaban J connectivity index is 2.01. The summed E-state index contributed by atoms with van der Waals surface area (Å²) in [4.78, 5) is 28.4. The van der Waals surface area contributed by atoms with Gasteiger partial charge in [-0.1, -0.05) is 48.9 Å². The Hall–Kier alpha value is -3.85. The van der Waals surface area contributed by atoms with E-state index in [1.807, 2.05) is 52.0 Å². The van der Waals surface area contributed by atoms with Gasteiger partial charge in [0.2, 0.25) is 11.8 Å². The van der Waals surface area contributed by atoms with Crippen LogP contribution in [0.2, 0.25) is 0 Å². The first-order chi connectivity index (χ1) is 19.1. The lowest BCUT2D eigenvalue weighted by Crippen LogP contribution is -2.51. The van der Waals surface area contributed by atoms with Crippen molar-refractivity contribution in [2.75, 3.05) is 24.0 Å². The quantitative estimate of drug-likeness (QED) is 0.320. The van der Waals surface area contributed by atoms with Crippen molar-refractivity contribution in [3.8, 4) is 5.75 Å². The topological polar surface area (TPSA) is 96.0 Å². The number of carbonyl (C=O) groups is 2. The van der Waals surface area contributed by atoms with Crippen molar-refractivity contribution in [1.29, 1.82) is 0 Å². The summed E-state index contributed by atoms with van der Waals surface area (Å²) in [5.41, 5.74) is 3.16. The fourth-order valence-corrected chi connectivity index (χ4v) is 5.61. The second-order valence-corrected chi connectivity index (χ2v) is 11.5. The summed E-state index contributed by atoms with van der Waals surface area (Å²) >= 11 is 0. The molecule has 0 aliphatic rings. The monoisotopic (exact) mass is 565 g/mol. The van der Waals surface area contributed by atoms with Gasteiger partial charge in [0.25, 0.3) is 10.0 Å². The van der Waals surface area contributed by atoms with Crippen LogP contribution in [0.25, 0.3) is 0 Å². The highest BCUT2D eigenvalue weighted by Gasteiger charge is 2.32. The van der Waals surface area contributed by atoms with Crippen molar-refractivity contribution in [2.24, 2.45) is 0 Å². The smallest absolute Gasteiger partial charge is 0.264 e. The highest BCUT2D eigenvalue weighted by molar-refractivity contribution is 7.92. The number of amides is 2. The van der Waals surface area contributed by atoms with Crippen LogP contribution in [0.5, 0.6) is 5.75 Å². The summed E-state index contributed by atoms with van der Waals surface area (Å²) < 4.78 is 34.4. The molecule has 2 amide bonds. The predicted molar refractivity (Wildman–Crippen MR) is 158 cm³/mol. The maximum absolute atomic E-state index is 14.0. The van der Waals surface area contributed by atoms with Gasteiger partial charge in [0.05, 0.1) is 17.2 Å². The molecule has 1 unspecified atom stereocenters. The average Bonchev–Trinajstić information content (AvgIpc) is 2.94. The Morgan fingerprint density at radius 2 is 1.57 bits per heavy atom. The van der Waals surface area contributed by atoms with Gasteiger partial charge < -0.3 is 15.0 Å². The van der Waals surface area contributed by atoms with E-state index in [4.69, 9.17) is 4.74 Å². The Labute approximate surface area is 238 Å². The molecule has 0 fully saturated rings. The molecular weight excluding hydrogens is 526 g/mol. The first-order valence-corrected chi connectivity index (χ1v) is 15.0. The highest BCUT2D eigenvalue weighted by Crippen LogP contribution is 2.26. The summed E-state index contributed by atoms with van der Waals surface area (Å²) in [6.07, 6.45) is 0.756. The average molecular weight is 566 g/mol. The van der Waals surface area contributed by atoms with Crippen LogP contribution in [0.15, 0.2) is 77.7 Å². The van der Waals surface area contributed by atoms with Gasteiger partial charge in [0.15, 0.2) is 0 Å². The number of ether oxygens (including phenoxy) is 1. The second-order valence-electron chi connectivity index (χ2n) is 9.67. The minimum absolute atomic E-state index is 0.0310. The Morgan fingerprint density at radius 1 is 0.925 bits per heavy atom. The molecule has 0 aliphatic carbocycles. The van der Waals surface area contributed by atoms with E-state index >= 15 is 0 Å². The summed E-state index contributed by atoms with van der Waals surface area (Å²) in [6, 6.07) is 19.9. The van der Waals surface area contributed by atoms with Crippen LogP contribution in [0.1, 0.15) is 43.9 Å². The summed E-state index contributed by atoms with van der Waals surface area (Å²) in [7, 11) is -4.14. The van der Waals surface area contributed by atoms with E-state index in [0.29, 0.717) is 24.6 Å². The number of nitrogens with one attached hydrogen (secondary N) is 1. The van der Waals surface area contributed by atoms with Crippen molar-refractivity contribution in [2.45, 2.75) is 58.5 Å². The molecule has 0 saturated heterocycles. The highest BCUT2D eigenvalue weighted by atomic mass is 32.2. The summed E-state index contributed by atoms with van der Waals surface area (Å²) in [6.45, 7) is 9.93. The molecule has 0 aromatic heterocycles. The number of rotatable bonds is 13. The molecule has 1 atom stereocenters. The first-order valence-electron chi connectivity index (χ1n) is 13.5. The molecule has 1 N–H and O–H groups in total. The van der Waals surface area contributed by atoms with E-state index < -0.39 is 28.5 Å². The van der Waals surface area contributed by atoms with Gasteiger partial charge in [-0.25, -0.2) is 8.42 Å². The molecule has 0 heterocycles. The van der Waals surface area contributed by atoms with Crippen molar-refractivity contribution < 1.29 is 22.7 Å². The fraction of sp³-hybridized carbons (Fsp3) is 0.355. The largest absolute Gasteiger partial charge is 0.494 e. The third kappa shape index (κ3) is 7.63. The number of hydrogen-bond donors (Lipinski definition) is 1. The van der Waals surface area contributed by atoms with Gasteiger partial charge in [-0.3, -0.25) is 13.9 Å². The van der Waals surface area contributed by atoms with Crippen LogP contribution in [0.3, 0.4) is 0 Å². The zero-order chi connectivity index (χ0) is 29.3. The minimum atomic E-state index is -4.14. The van der Waals surface area contributed by atoms with Crippen LogP contribution < -0.4 is 14.4 Å². The molecule has 3 aromatic carbocycles. The van der Waals surface area contributed by atoms with Crippen molar-refractivity contribution in [3.63, 3.8) is 0 Å². The number of nitrogens with zero attached hydrogens (tertiary/aromatic N) is 2. The molecule has 0 spiro atoms. The van der Waals surface area contributed by atoms with Crippen LogP contribution in [-0.4, -0.2) is 50.9 Å². The van der Waals surface area contributed by atoms with E-state index in [-0.39, 0.29) is 17.3 Å². The number of hydrogen-bond acceptors (Lipinski definition) is 5. The van der Waals surface area contributed by atoms with Crippen molar-refractivity contribution in [3.05, 3.63) is 89.5 Å². The predicted octanol–water partition coefficient (Wildman–Crippen LogP) is 4.84. The van der Waals surface area contributed by atoms with E-state index in [1.165, 1.54) is 17.0 Å². The SMILES string of the molecule is CCCNC(=O)C(C)N(Cc1ccccc1C)C(=O)CN(c1ccc(C)cc1)S(=O)(=O)c1ccc(OCC)cc1. The third-order valence-electron chi connectivity index (χ3n) is 6.64. The first kappa shape index (κ1) is 30.7. The van der Waals surface area contributed by atoms with Gasteiger partial charge in [0, 0.05) is 13.1 Å². The molecule has 0 bridgehead atoms. The molecule has 0 saturated carbocycles. The van der Waals surface area contributed by atoms with E-state index in [2.05, 4.69) is 5.32 Å². The molecule has 214 valence electrons. The number of aryl methyl sites for hydroxylation is 2. The maximum Gasteiger partial charge on any atom is 0.264 e. The standard InChI is InChI=1S/C31H39N3O5S/c1-6-20-32-31(36)25(5)33(21-26-11-9-8-10-24(26)4)30(35)22-34(27-14-12-23(3)13-15-27)40(37,38)29-18-16-28(17-19-29)39-7-2/h8-19,25H,6-7,20-22H2,1-5H3,(H,32,36). The maximum atomic E-state index is 14.0. The van der Waals surface area contributed by atoms with Crippen molar-refractivity contribution in [1.82, 2.24) is 10.2 Å². The molecule has 9 heteroatoms. The molecule has 0 aliphatic heterocycles. The van der Waals surface area contributed by atoms with E-state index in [1.54, 1.807) is 43.3 Å². The normalized spacial score (nSPS) is 11.9. The van der Waals surface area contributed by atoms with E-state index in [9.17, 15) is 18.0 Å². The number of benzene rings is 3. The summed E-state index contributed by atoms with van der Waals surface area (Å²) in [5, 5.41) is 2.85. The molecule has 8 nitrogen and oxygen atoms in total. The third-order valence-corrected chi connectivity index (χ3v) is 8.43. The lowest BCUT2D eigenvalue weighted by atomic mass is 10.1. The number of carbonyl (C=O) groups excluding carboxylic acids is 2. The molecular formula is C31H39N3O5S. The zero-order valence-electron chi connectivity index (χ0n) is 23.9. The summed E-state index contributed by atoms with van der Waals surface area (Å²) in [5.74, 6) is -0.228. The minimum Gasteiger partial charge on any atom is -0.494 e. The van der Waals surface area contributed by atoms with Crippen LogP contribution >= 0.6 is 0 Å². The lowest BCUT2D eigenvalue weighted by Gasteiger charge is -2.32. The number of anilines is 1. The second kappa shape index (κ2) is 14.0. The van der Waals surface area contributed by atoms with Crippen LogP contribution in [0, 0.1) is 13.8 Å². The molecule has 3 aromatic rings. The number of sulfonamides is 1. The zero-order valence-corrected chi connectivity index (χ0v) is 24.7. The molecule has 3 rings (SSSR count). The Kier molecular flexibility index (Phi) is 10.7. The van der Waals surface area contributed by atoms with Gasteiger partial charge in [-0.15, -0.1) is 0 Å².